The number of piperazine rings is 1. The average Bonchev–Trinajstić information content (AvgIpc) is 2.28. The molecule has 0 radical (unpaired) electrons. The first-order chi connectivity index (χ1) is 8.49. The van der Waals surface area contributed by atoms with Crippen LogP contribution in [0.5, 0.6) is 0 Å². The zero-order valence-corrected chi connectivity index (χ0v) is 11.7. The van der Waals surface area contributed by atoms with E-state index in [0.717, 1.165) is 30.8 Å². The fourth-order valence-corrected chi connectivity index (χ4v) is 2.65. The Kier molecular flexibility index (Phi) is 3.71. The molecule has 98 valence electrons. The highest BCUT2D eigenvalue weighted by molar-refractivity contribution is 5.96. The zero-order valence-electron chi connectivity index (χ0n) is 11.7. The minimum atomic E-state index is 0.174. The molecule has 1 aliphatic rings. The molecule has 0 spiro atoms. The number of rotatable bonds is 1. The van der Waals surface area contributed by atoms with Gasteiger partial charge < -0.3 is 9.80 Å². The number of benzene rings is 1. The average molecular weight is 246 g/mol. The first kappa shape index (κ1) is 13.1. The van der Waals surface area contributed by atoms with Crippen LogP contribution in [0.3, 0.4) is 0 Å². The van der Waals surface area contributed by atoms with Gasteiger partial charge in [-0.15, -0.1) is 0 Å². The summed E-state index contributed by atoms with van der Waals surface area (Å²) in [6.07, 6.45) is 0. The highest BCUT2D eigenvalue weighted by atomic mass is 16.2. The molecule has 1 amide bonds. The molecule has 3 heteroatoms. The number of likely N-dealkylation sites (N-methyl/N-ethyl adjacent to an activating group) is 1. The molecule has 1 unspecified atom stereocenters. The Balaban J connectivity index is 2.20. The lowest BCUT2D eigenvalue weighted by molar-refractivity contribution is 0.0533. The number of nitrogens with zero attached hydrogens (tertiary/aromatic N) is 2. The monoisotopic (exact) mass is 246 g/mol. The zero-order chi connectivity index (χ0) is 13.3. The van der Waals surface area contributed by atoms with Crippen LogP contribution in [0.2, 0.25) is 0 Å². The molecule has 2 rings (SSSR count). The van der Waals surface area contributed by atoms with Gasteiger partial charge in [-0.2, -0.15) is 0 Å². The van der Waals surface area contributed by atoms with Gasteiger partial charge in [0.05, 0.1) is 0 Å². The van der Waals surface area contributed by atoms with Crippen molar-refractivity contribution in [1.82, 2.24) is 9.80 Å². The maximum Gasteiger partial charge on any atom is 0.254 e. The largest absolute Gasteiger partial charge is 0.333 e. The van der Waals surface area contributed by atoms with Crippen molar-refractivity contribution >= 4 is 5.91 Å². The van der Waals surface area contributed by atoms with E-state index >= 15 is 0 Å². The van der Waals surface area contributed by atoms with E-state index in [1.807, 2.05) is 24.0 Å². The van der Waals surface area contributed by atoms with E-state index in [2.05, 4.69) is 31.9 Å². The molecule has 0 aliphatic carbocycles. The molecule has 18 heavy (non-hydrogen) atoms. The van der Waals surface area contributed by atoms with E-state index in [1.54, 1.807) is 0 Å². The lowest BCUT2D eigenvalue weighted by atomic mass is 10.0. The number of hydrogen-bond donors (Lipinski definition) is 0. The van der Waals surface area contributed by atoms with Gasteiger partial charge in [0.15, 0.2) is 0 Å². The molecule has 0 aromatic heterocycles. The van der Waals surface area contributed by atoms with Gasteiger partial charge in [-0.1, -0.05) is 17.7 Å². The van der Waals surface area contributed by atoms with Gasteiger partial charge in [0.1, 0.15) is 0 Å². The maximum absolute atomic E-state index is 12.6. The van der Waals surface area contributed by atoms with Crippen molar-refractivity contribution in [2.24, 2.45) is 0 Å². The molecule has 1 atom stereocenters. The molecule has 0 N–H and O–H groups in total. The summed E-state index contributed by atoms with van der Waals surface area (Å²) in [6, 6.07) is 6.34. The topological polar surface area (TPSA) is 23.6 Å². The summed E-state index contributed by atoms with van der Waals surface area (Å²) in [6.45, 7) is 8.93. The van der Waals surface area contributed by atoms with Crippen LogP contribution >= 0.6 is 0 Å². The Morgan fingerprint density at radius 3 is 2.61 bits per heavy atom. The molecular weight excluding hydrogens is 224 g/mol. The predicted molar refractivity (Wildman–Crippen MR) is 73.9 cm³/mol. The second-order valence-electron chi connectivity index (χ2n) is 5.43. The normalized spacial score (nSPS) is 21.1. The van der Waals surface area contributed by atoms with E-state index in [4.69, 9.17) is 0 Å². The van der Waals surface area contributed by atoms with Crippen LogP contribution in [0.1, 0.15) is 28.4 Å². The maximum atomic E-state index is 12.6. The number of hydrogen-bond acceptors (Lipinski definition) is 2. The minimum Gasteiger partial charge on any atom is -0.333 e. The fourth-order valence-electron chi connectivity index (χ4n) is 2.65. The van der Waals surface area contributed by atoms with E-state index in [9.17, 15) is 4.79 Å². The summed E-state index contributed by atoms with van der Waals surface area (Å²) in [5.74, 6) is 0.174. The van der Waals surface area contributed by atoms with E-state index in [-0.39, 0.29) is 11.9 Å². The second-order valence-corrected chi connectivity index (χ2v) is 5.43. The Labute approximate surface area is 109 Å². The molecule has 1 heterocycles. The molecule has 3 nitrogen and oxygen atoms in total. The van der Waals surface area contributed by atoms with Crippen molar-refractivity contribution < 1.29 is 4.79 Å². The lowest BCUT2D eigenvalue weighted by Gasteiger charge is -2.38. The lowest BCUT2D eigenvalue weighted by Crippen LogP contribution is -2.52. The van der Waals surface area contributed by atoms with Crippen molar-refractivity contribution in [1.29, 1.82) is 0 Å². The van der Waals surface area contributed by atoms with Crippen LogP contribution in [0.15, 0.2) is 18.2 Å². The van der Waals surface area contributed by atoms with E-state index in [0.29, 0.717) is 0 Å². The highest BCUT2D eigenvalue weighted by Gasteiger charge is 2.27. The molecule has 1 aromatic rings. The second kappa shape index (κ2) is 5.11. The van der Waals surface area contributed by atoms with Gasteiger partial charge in [0.25, 0.3) is 5.91 Å². The number of amides is 1. The van der Waals surface area contributed by atoms with Gasteiger partial charge in [-0.05, 0) is 39.4 Å². The summed E-state index contributed by atoms with van der Waals surface area (Å²) in [4.78, 5) is 16.8. The van der Waals surface area contributed by atoms with Crippen LogP contribution in [-0.2, 0) is 0 Å². The summed E-state index contributed by atoms with van der Waals surface area (Å²) in [7, 11) is 2.11. The van der Waals surface area contributed by atoms with Crippen LogP contribution in [0.4, 0.5) is 0 Å². The predicted octanol–water partition coefficient (Wildman–Crippen LogP) is 2.08. The highest BCUT2D eigenvalue weighted by Crippen LogP contribution is 2.17. The first-order valence-corrected chi connectivity index (χ1v) is 6.56. The first-order valence-electron chi connectivity index (χ1n) is 6.56. The fraction of sp³-hybridized carbons (Fsp3) is 0.533. The van der Waals surface area contributed by atoms with Crippen LogP contribution in [0.25, 0.3) is 0 Å². The standard InChI is InChI=1S/C15H22N2O/c1-11-5-6-14(12(2)9-11)15(18)17-8-7-16(4)10-13(17)3/h5-6,9,13H,7-8,10H2,1-4H3. The molecule has 1 aromatic carbocycles. The third-order valence-corrected chi connectivity index (χ3v) is 3.70. The number of aryl methyl sites for hydroxylation is 2. The minimum absolute atomic E-state index is 0.174. The summed E-state index contributed by atoms with van der Waals surface area (Å²) in [5, 5.41) is 0. The van der Waals surface area contributed by atoms with Gasteiger partial charge in [0, 0.05) is 31.2 Å². The third-order valence-electron chi connectivity index (χ3n) is 3.70. The Morgan fingerprint density at radius 2 is 2.00 bits per heavy atom. The quantitative estimate of drug-likeness (QED) is 0.757. The summed E-state index contributed by atoms with van der Waals surface area (Å²) >= 11 is 0. The van der Waals surface area contributed by atoms with Crippen molar-refractivity contribution in [3.63, 3.8) is 0 Å². The van der Waals surface area contributed by atoms with E-state index in [1.165, 1.54) is 5.56 Å². The van der Waals surface area contributed by atoms with Crippen molar-refractivity contribution in [2.75, 3.05) is 26.7 Å². The van der Waals surface area contributed by atoms with Gasteiger partial charge in [-0.3, -0.25) is 4.79 Å². The Hall–Kier alpha value is -1.35. The van der Waals surface area contributed by atoms with Crippen molar-refractivity contribution in [2.45, 2.75) is 26.8 Å². The summed E-state index contributed by atoms with van der Waals surface area (Å²) in [5.41, 5.74) is 3.12. The number of carbonyl (C=O) groups is 1. The van der Waals surface area contributed by atoms with Crippen molar-refractivity contribution in [3.05, 3.63) is 34.9 Å². The van der Waals surface area contributed by atoms with Gasteiger partial charge in [0.2, 0.25) is 0 Å². The van der Waals surface area contributed by atoms with Crippen LogP contribution < -0.4 is 0 Å². The van der Waals surface area contributed by atoms with Crippen molar-refractivity contribution in [3.8, 4) is 0 Å². The van der Waals surface area contributed by atoms with E-state index < -0.39 is 0 Å². The number of carbonyl (C=O) groups excluding carboxylic acids is 1. The van der Waals surface area contributed by atoms with Crippen LogP contribution in [0, 0.1) is 13.8 Å². The Bertz CT molecular complexity index is 456. The summed E-state index contributed by atoms with van der Waals surface area (Å²) < 4.78 is 0. The van der Waals surface area contributed by atoms with Crippen LogP contribution in [-0.4, -0.2) is 48.4 Å². The van der Waals surface area contributed by atoms with Gasteiger partial charge >= 0.3 is 0 Å². The Morgan fingerprint density at radius 1 is 1.28 bits per heavy atom. The smallest absolute Gasteiger partial charge is 0.254 e. The molecule has 0 saturated carbocycles. The van der Waals surface area contributed by atoms with Gasteiger partial charge in [-0.25, -0.2) is 0 Å². The molecule has 1 saturated heterocycles. The third kappa shape index (κ3) is 2.56. The molecule has 0 bridgehead atoms. The molecular formula is C15H22N2O. The molecule has 1 aliphatic heterocycles. The SMILES string of the molecule is Cc1ccc(C(=O)N2CCN(C)CC2C)c(C)c1. The molecule has 1 fully saturated rings.